The lowest BCUT2D eigenvalue weighted by Gasteiger charge is -2.31. The molecule has 1 saturated heterocycles. The predicted molar refractivity (Wildman–Crippen MR) is 117 cm³/mol. The molecular weight excluding hydrogens is 406 g/mol. The van der Waals surface area contributed by atoms with Crippen LogP contribution in [0.25, 0.3) is 22.7 Å². The highest BCUT2D eigenvalue weighted by Gasteiger charge is 2.25. The van der Waals surface area contributed by atoms with Gasteiger partial charge in [0.05, 0.1) is 6.54 Å². The van der Waals surface area contributed by atoms with Gasteiger partial charge >= 0.3 is 0 Å². The average Bonchev–Trinajstić information content (AvgIpc) is 3.48. The zero-order valence-corrected chi connectivity index (χ0v) is 18.7. The van der Waals surface area contributed by atoms with Crippen molar-refractivity contribution in [1.82, 2.24) is 35.0 Å². The number of benzene rings is 1. The smallest absolute Gasteiger partial charge is 0.253 e. The molecule has 32 heavy (non-hydrogen) atoms. The summed E-state index contributed by atoms with van der Waals surface area (Å²) in [5, 5.41) is 17.4. The summed E-state index contributed by atoms with van der Waals surface area (Å²) in [7, 11) is 0. The standard InChI is InChI=1S/C23H27N7O2/c1-15-21(22(28-32-15)19-9-5-4-6-10-19)23-26-25-20(31-23)14-29-11-7-8-18(12-29)13-30-17(3)24-16(2)27-30/h4-6,9-10,18H,7-8,11-14H2,1-3H3. The number of hydrogen-bond acceptors (Lipinski definition) is 8. The third-order valence-electron chi connectivity index (χ3n) is 5.95. The van der Waals surface area contributed by atoms with Crippen molar-refractivity contribution in [2.24, 2.45) is 5.92 Å². The molecule has 5 rings (SSSR count). The molecule has 0 saturated carbocycles. The molecule has 3 aromatic heterocycles. The van der Waals surface area contributed by atoms with Crippen molar-refractivity contribution < 1.29 is 8.94 Å². The van der Waals surface area contributed by atoms with Gasteiger partial charge in [-0.3, -0.25) is 4.90 Å². The Labute approximate surface area is 186 Å². The van der Waals surface area contributed by atoms with Crippen molar-refractivity contribution in [2.75, 3.05) is 13.1 Å². The lowest BCUT2D eigenvalue weighted by molar-refractivity contribution is 0.142. The van der Waals surface area contributed by atoms with Gasteiger partial charge in [-0.25, -0.2) is 9.67 Å². The molecule has 0 spiro atoms. The lowest BCUT2D eigenvalue weighted by Crippen LogP contribution is -2.37. The third-order valence-corrected chi connectivity index (χ3v) is 5.95. The number of nitrogens with zero attached hydrogens (tertiary/aromatic N) is 7. The van der Waals surface area contributed by atoms with E-state index in [2.05, 4.69) is 30.3 Å². The van der Waals surface area contributed by atoms with Crippen LogP contribution in [0, 0.1) is 26.7 Å². The summed E-state index contributed by atoms with van der Waals surface area (Å²) >= 11 is 0. The highest BCUT2D eigenvalue weighted by Crippen LogP contribution is 2.33. The molecule has 0 N–H and O–H groups in total. The molecular formula is C23H27N7O2. The molecule has 0 amide bonds. The fourth-order valence-corrected chi connectivity index (χ4v) is 4.45. The van der Waals surface area contributed by atoms with E-state index in [-0.39, 0.29) is 0 Å². The molecule has 1 atom stereocenters. The highest BCUT2D eigenvalue weighted by molar-refractivity contribution is 5.77. The molecule has 0 bridgehead atoms. The van der Waals surface area contributed by atoms with E-state index in [4.69, 9.17) is 8.94 Å². The Bertz CT molecular complexity index is 1190. The van der Waals surface area contributed by atoms with Crippen molar-refractivity contribution >= 4 is 0 Å². The van der Waals surface area contributed by atoms with E-state index < -0.39 is 0 Å². The molecule has 1 aromatic carbocycles. The van der Waals surface area contributed by atoms with Crippen molar-refractivity contribution in [1.29, 1.82) is 0 Å². The molecule has 0 aliphatic carbocycles. The van der Waals surface area contributed by atoms with Crippen LogP contribution in [0.4, 0.5) is 0 Å². The largest absolute Gasteiger partial charge is 0.419 e. The Balaban J connectivity index is 1.29. The summed E-state index contributed by atoms with van der Waals surface area (Å²) in [5.74, 6) is 4.03. The van der Waals surface area contributed by atoms with E-state index in [0.29, 0.717) is 30.0 Å². The van der Waals surface area contributed by atoms with Crippen molar-refractivity contribution in [3.8, 4) is 22.7 Å². The molecule has 1 aliphatic rings. The SMILES string of the molecule is Cc1nc(C)n(CC2CCCN(Cc3nnc(-c4c(-c5ccccc5)noc4C)o3)C2)n1. The molecule has 4 aromatic rings. The van der Waals surface area contributed by atoms with Gasteiger partial charge in [0.25, 0.3) is 5.89 Å². The summed E-state index contributed by atoms with van der Waals surface area (Å²) in [5.41, 5.74) is 2.43. The number of rotatable bonds is 6. The fourth-order valence-electron chi connectivity index (χ4n) is 4.45. The van der Waals surface area contributed by atoms with Gasteiger partial charge in [-0.2, -0.15) is 5.10 Å². The minimum atomic E-state index is 0.444. The summed E-state index contributed by atoms with van der Waals surface area (Å²) in [6.07, 6.45) is 2.32. The quantitative estimate of drug-likeness (QED) is 0.452. The van der Waals surface area contributed by atoms with Crippen LogP contribution >= 0.6 is 0 Å². The number of piperidine rings is 1. The molecule has 166 valence electrons. The van der Waals surface area contributed by atoms with E-state index in [0.717, 1.165) is 54.5 Å². The van der Waals surface area contributed by atoms with Gasteiger partial charge in [0, 0.05) is 18.7 Å². The van der Waals surface area contributed by atoms with Crippen LogP contribution in [0.2, 0.25) is 0 Å². The van der Waals surface area contributed by atoms with Crippen LogP contribution in [0.15, 0.2) is 39.3 Å². The molecule has 9 nitrogen and oxygen atoms in total. The van der Waals surface area contributed by atoms with Crippen LogP contribution in [0.5, 0.6) is 0 Å². The van der Waals surface area contributed by atoms with Crippen LogP contribution in [-0.4, -0.2) is 48.1 Å². The highest BCUT2D eigenvalue weighted by atomic mass is 16.5. The van der Waals surface area contributed by atoms with Gasteiger partial charge in [-0.15, -0.1) is 10.2 Å². The van der Waals surface area contributed by atoms with E-state index in [1.807, 2.05) is 55.8 Å². The third kappa shape index (κ3) is 4.20. The van der Waals surface area contributed by atoms with Crippen molar-refractivity contribution in [2.45, 2.75) is 46.7 Å². The summed E-state index contributed by atoms with van der Waals surface area (Å²) in [6.45, 7) is 9.31. The van der Waals surface area contributed by atoms with E-state index >= 15 is 0 Å². The molecule has 1 unspecified atom stereocenters. The van der Waals surface area contributed by atoms with Gasteiger partial charge in [-0.05, 0) is 46.1 Å². The minimum absolute atomic E-state index is 0.444. The Hall–Kier alpha value is -3.33. The van der Waals surface area contributed by atoms with Gasteiger partial charge in [0.1, 0.15) is 28.7 Å². The zero-order valence-electron chi connectivity index (χ0n) is 18.7. The first-order valence-corrected chi connectivity index (χ1v) is 11.0. The number of aryl methyl sites for hydroxylation is 3. The first kappa shape index (κ1) is 20.6. The molecule has 1 fully saturated rings. The molecule has 9 heteroatoms. The van der Waals surface area contributed by atoms with Gasteiger partial charge in [0.15, 0.2) is 0 Å². The predicted octanol–water partition coefficient (Wildman–Crippen LogP) is 3.82. The van der Waals surface area contributed by atoms with Crippen molar-refractivity contribution in [3.05, 3.63) is 53.6 Å². The number of hydrogen-bond donors (Lipinski definition) is 0. The molecule has 0 radical (unpaired) electrons. The van der Waals surface area contributed by atoms with Gasteiger partial charge in [-0.1, -0.05) is 35.5 Å². The summed E-state index contributed by atoms with van der Waals surface area (Å²) in [4.78, 5) is 6.80. The zero-order chi connectivity index (χ0) is 22.1. The van der Waals surface area contributed by atoms with Crippen LogP contribution in [-0.2, 0) is 13.1 Å². The second-order valence-electron chi connectivity index (χ2n) is 8.46. The first-order chi connectivity index (χ1) is 15.6. The summed E-state index contributed by atoms with van der Waals surface area (Å²) in [6, 6.07) is 9.89. The number of likely N-dealkylation sites (tertiary alicyclic amines) is 1. The molecule has 4 heterocycles. The lowest BCUT2D eigenvalue weighted by atomic mass is 9.98. The van der Waals surface area contributed by atoms with Gasteiger partial charge < -0.3 is 8.94 Å². The number of aromatic nitrogens is 6. The van der Waals surface area contributed by atoms with Gasteiger partial charge in [0.2, 0.25) is 5.89 Å². The maximum atomic E-state index is 6.06. The van der Waals surface area contributed by atoms with Crippen LogP contribution < -0.4 is 0 Å². The van der Waals surface area contributed by atoms with Crippen LogP contribution in [0.3, 0.4) is 0 Å². The Kier molecular flexibility index (Phi) is 5.57. The van der Waals surface area contributed by atoms with E-state index in [9.17, 15) is 0 Å². The summed E-state index contributed by atoms with van der Waals surface area (Å²) < 4.78 is 13.5. The van der Waals surface area contributed by atoms with Crippen molar-refractivity contribution in [3.63, 3.8) is 0 Å². The first-order valence-electron chi connectivity index (χ1n) is 11.0. The second-order valence-corrected chi connectivity index (χ2v) is 8.46. The van der Waals surface area contributed by atoms with Crippen LogP contribution in [0.1, 0.15) is 36.1 Å². The maximum absolute atomic E-state index is 6.06. The van der Waals surface area contributed by atoms with E-state index in [1.54, 1.807) is 0 Å². The normalized spacial score (nSPS) is 17.2. The Morgan fingerprint density at radius 1 is 1.09 bits per heavy atom. The maximum Gasteiger partial charge on any atom is 0.253 e. The second kappa shape index (κ2) is 8.66. The minimum Gasteiger partial charge on any atom is -0.419 e. The topological polar surface area (TPSA) is 98.9 Å². The average molecular weight is 434 g/mol. The fraction of sp³-hybridized carbons (Fsp3) is 0.435. The Morgan fingerprint density at radius 2 is 1.94 bits per heavy atom. The Morgan fingerprint density at radius 3 is 2.72 bits per heavy atom. The monoisotopic (exact) mass is 433 g/mol. The molecule has 1 aliphatic heterocycles. The van der Waals surface area contributed by atoms with E-state index in [1.165, 1.54) is 6.42 Å².